The summed E-state index contributed by atoms with van der Waals surface area (Å²) in [5.74, 6) is -8.78. The molecule has 23 heteroatoms. The second kappa shape index (κ2) is 26.8. The van der Waals surface area contributed by atoms with Crippen molar-refractivity contribution in [3.05, 3.63) is 0 Å². The lowest BCUT2D eigenvalue weighted by Crippen LogP contribution is -2.61. The maximum atomic E-state index is 13.2. The average Bonchev–Trinajstić information content (AvgIpc) is 3.14. The van der Waals surface area contributed by atoms with Crippen LogP contribution in [0.5, 0.6) is 0 Å². The van der Waals surface area contributed by atoms with Crippen LogP contribution in [-0.4, -0.2) is 148 Å². The van der Waals surface area contributed by atoms with Gasteiger partial charge in [-0.1, -0.05) is 48.0 Å². The van der Waals surface area contributed by atoms with E-state index in [9.17, 15) is 58.8 Å². The molecule has 59 heavy (non-hydrogen) atoms. The lowest BCUT2D eigenvalue weighted by molar-refractivity contribution is -0.143. The third-order valence-electron chi connectivity index (χ3n) is 9.09. The van der Waals surface area contributed by atoms with Gasteiger partial charge in [-0.3, -0.25) is 38.6 Å². The summed E-state index contributed by atoms with van der Waals surface area (Å²) in [6.45, 7) is 11.2. The molecule has 0 radical (unpaired) electrons. The molecule has 0 fully saturated rings. The van der Waals surface area contributed by atoms with Gasteiger partial charge in [0.1, 0.15) is 36.3 Å². The number of aliphatic carboxylic acids is 1. The first-order valence-electron chi connectivity index (χ1n) is 19.5. The molecule has 0 aliphatic carbocycles. The predicted molar refractivity (Wildman–Crippen MR) is 214 cm³/mol. The highest BCUT2D eigenvalue weighted by Gasteiger charge is 2.35. The van der Waals surface area contributed by atoms with E-state index in [1.807, 2.05) is 6.92 Å². The summed E-state index contributed by atoms with van der Waals surface area (Å²) in [6, 6.07) is -9.72. The van der Waals surface area contributed by atoms with Crippen LogP contribution in [-0.2, 0) is 38.4 Å². The van der Waals surface area contributed by atoms with Crippen LogP contribution in [0.1, 0.15) is 81.1 Å². The van der Waals surface area contributed by atoms with Crippen LogP contribution in [0.2, 0.25) is 0 Å². The van der Waals surface area contributed by atoms with Crippen molar-refractivity contribution in [3.8, 4) is 0 Å². The highest BCUT2D eigenvalue weighted by Crippen LogP contribution is 2.10. The fourth-order valence-electron chi connectivity index (χ4n) is 5.32. The molecule has 17 N–H and O–H groups in total. The zero-order valence-corrected chi connectivity index (χ0v) is 35.1. The summed E-state index contributed by atoms with van der Waals surface area (Å²) < 4.78 is 0. The summed E-state index contributed by atoms with van der Waals surface area (Å²) in [5, 5.41) is 56.4. The Hall–Kier alpha value is -5.13. The van der Waals surface area contributed by atoms with E-state index >= 15 is 0 Å². The van der Waals surface area contributed by atoms with Gasteiger partial charge in [0.05, 0.1) is 31.4 Å². The maximum Gasteiger partial charge on any atom is 0.326 e. The quantitative estimate of drug-likeness (QED) is 0.0209. The Morgan fingerprint density at radius 2 is 1.14 bits per heavy atom. The normalized spacial score (nSPS) is 16.3. The Morgan fingerprint density at radius 1 is 0.644 bits per heavy atom. The number of nitrogens with one attached hydrogen (secondary N) is 7. The number of rotatable bonds is 27. The Labute approximate surface area is 344 Å². The number of aliphatic hydroxyl groups is 3. The number of nitrogens with two attached hydrogens (primary N) is 3. The standard InChI is InChI=1S/C36H67N11O12/c1-9-18(6)25(37)31(54)46-26(17(4)5)32(55)44-23(15-48)30(53)43-22(13-16(2)3)29(52)41-14-24(51)45-27(19(7)49)34(57)47-28(20(8)50)33(56)42-21(35(58)59)11-10-12-40-36(38)39/h16-23,25-28,48-50H,9-15,37H2,1-8H3,(H,41,52)(H,42,56)(H,43,53)(H,44,55)(H,45,51)(H,46,54)(H,47,57)(H,58,59)(H4,38,39,40)/t18-,19+,20+,21-,22-,23-,25-,26-,27-,28-/m0/s1. The van der Waals surface area contributed by atoms with Gasteiger partial charge in [0.15, 0.2) is 5.96 Å². The zero-order valence-electron chi connectivity index (χ0n) is 35.1. The molecule has 0 aromatic rings. The molecular formula is C36H67N11O12. The number of carbonyl (C=O) groups is 8. The Kier molecular flexibility index (Phi) is 24.5. The molecule has 0 aliphatic heterocycles. The number of amides is 7. The van der Waals surface area contributed by atoms with Gasteiger partial charge in [0.25, 0.3) is 0 Å². The van der Waals surface area contributed by atoms with Crippen LogP contribution in [0.25, 0.3) is 0 Å². The van der Waals surface area contributed by atoms with Gasteiger partial charge >= 0.3 is 5.97 Å². The van der Waals surface area contributed by atoms with Crippen molar-refractivity contribution in [2.45, 2.75) is 136 Å². The highest BCUT2D eigenvalue weighted by atomic mass is 16.4. The van der Waals surface area contributed by atoms with E-state index in [0.717, 1.165) is 13.8 Å². The van der Waals surface area contributed by atoms with Crippen molar-refractivity contribution in [2.24, 2.45) is 39.9 Å². The fraction of sp³-hybridized carbons (Fsp3) is 0.750. The van der Waals surface area contributed by atoms with Gasteiger partial charge in [-0.25, -0.2) is 4.79 Å². The summed E-state index contributed by atoms with van der Waals surface area (Å²) in [5.41, 5.74) is 16.5. The molecule has 23 nitrogen and oxygen atoms in total. The van der Waals surface area contributed by atoms with Crippen molar-refractivity contribution in [1.82, 2.24) is 37.2 Å². The highest BCUT2D eigenvalue weighted by molar-refractivity contribution is 5.97. The van der Waals surface area contributed by atoms with Gasteiger partial charge in [-0.2, -0.15) is 0 Å². The first kappa shape index (κ1) is 53.9. The van der Waals surface area contributed by atoms with Crippen LogP contribution in [0.15, 0.2) is 4.99 Å². The lowest BCUT2D eigenvalue weighted by Gasteiger charge is -2.28. The third-order valence-corrected chi connectivity index (χ3v) is 9.09. The van der Waals surface area contributed by atoms with E-state index in [4.69, 9.17) is 17.2 Å². The molecular weight excluding hydrogens is 778 g/mol. The SMILES string of the molecule is CC[C@H](C)[C@H](N)C(=O)N[C@H](C(=O)N[C@@H](CO)C(=O)N[C@@H](CC(C)C)C(=O)NCC(=O)N[C@H](C(=O)N[C@H](C(=O)N[C@@H](CCCN=C(N)N)C(=O)O)[C@@H](C)O)[C@@H](C)O)C(C)C. The van der Waals surface area contributed by atoms with Gasteiger partial charge in [-0.15, -0.1) is 0 Å². The molecule has 0 saturated carbocycles. The first-order valence-corrected chi connectivity index (χ1v) is 19.5. The predicted octanol–water partition coefficient (Wildman–Crippen LogP) is -5.02. The average molecular weight is 846 g/mol. The Balaban J connectivity index is 5.70. The number of carboxylic acids is 1. The summed E-state index contributed by atoms with van der Waals surface area (Å²) in [4.78, 5) is 107. The first-order chi connectivity index (χ1) is 27.4. The number of carbonyl (C=O) groups excluding carboxylic acids is 7. The Morgan fingerprint density at radius 3 is 1.61 bits per heavy atom. The van der Waals surface area contributed by atoms with Gasteiger partial charge in [0, 0.05) is 6.54 Å². The molecule has 0 spiro atoms. The number of guanidine groups is 1. The topological polar surface area (TPSA) is 392 Å². The second-order valence-electron chi connectivity index (χ2n) is 15.2. The van der Waals surface area contributed by atoms with Crippen LogP contribution < -0.4 is 54.4 Å². The Bertz CT molecular complexity index is 1460. The van der Waals surface area contributed by atoms with E-state index in [1.165, 1.54) is 0 Å². The lowest BCUT2D eigenvalue weighted by atomic mass is 9.97. The van der Waals surface area contributed by atoms with Gasteiger partial charge in [0.2, 0.25) is 41.4 Å². The number of hydrogen-bond acceptors (Lipinski definition) is 13. The second-order valence-corrected chi connectivity index (χ2v) is 15.2. The molecule has 0 rings (SSSR count). The van der Waals surface area contributed by atoms with E-state index in [-0.39, 0.29) is 43.6 Å². The number of aliphatic imine (C=N–C) groups is 1. The minimum Gasteiger partial charge on any atom is -0.480 e. The molecule has 10 atom stereocenters. The van der Waals surface area contributed by atoms with E-state index < -0.39 is 121 Å². The van der Waals surface area contributed by atoms with Crippen molar-refractivity contribution in [3.63, 3.8) is 0 Å². The van der Waals surface area contributed by atoms with Crippen LogP contribution in [0, 0.1) is 17.8 Å². The number of hydrogen-bond donors (Lipinski definition) is 14. The minimum atomic E-state index is -1.73. The summed E-state index contributed by atoms with van der Waals surface area (Å²) in [6.07, 6.45) is -2.42. The minimum absolute atomic E-state index is 0.0456. The molecule has 0 heterocycles. The number of carboxylic acid groups (broad SMARTS) is 1. The molecule has 0 unspecified atom stereocenters. The summed E-state index contributed by atoms with van der Waals surface area (Å²) in [7, 11) is 0. The van der Waals surface area contributed by atoms with Gasteiger partial charge < -0.3 is 74.8 Å². The van der Waals surface area contributed by atoms with E-state index in [0.29, 0.717) is 6.42 Å². The smallest absolute Gasteiger partial charge is 0.326 e. The maximum absolute atomic E-state index is 13.2. The molecule has 338 valence electrons. The van der Waals surface area contributed by atoms with E-state index in [2.05, 4.69) is 42.2 Å². The van der Waals surface area contributed by atoms with Crippen molar-refractivity contribution < 1.29 is 58.8 Å². The largest absolute Gasteiger partial charge is 0.480 e. The van der Waals surface area contributed by atoms with Gasteiger partial charge in [-0.05, 0) is 50.9 Å². The fourth-order valence-corrected chi connectivity index (χ4v) is 5.32. The number of aliphatic hydroxyl groups excluding tert-OH is 3. The van der Waals surface area contributed by atoms with Crippen molar-refractivity contribution in [2.75, 3.05) is 19.7 Å². The summed E-state index contributed by atoms with van der Waals surface area (Å²) >= 11 is 0. The molecule has 0 saturated heterocycles. The molecule has 0 aromatic heterocycles. The molecule has 7 amide bonds. The molecule has 0 aromatic carbocycles. The monoisotopic (exact) mass is 845 g/mol. The third kappa shape index (κ3) is 19.9. The van der Waals surface area contributed by atoms with Crippen molar-refractivity contribution >= 4 is 53.3 Å². The van der Waals surface area contributed by atoms with Crippen LogP contribution in [0.4, 0.5) is 0 Å². The van der Waals surface area contributed by atoms with Crippen LogP contribution >= 0.6 is 0 Å². The number of nitrogens with zero attached hydrogens (tertiary/aromatic N) is 1. The molecule has 0 bridgehead atoms. The zero-order chi connectivity index (χ0) is 45.7. The van der Waals surface area contributed by atoms with Crippen LogP contribution in [0.3, 0.4) is 0 Å². The molecule has 0 aliphatic rings. The van der Waals surface area contributed by atoms with E-state index in [1.54, 1.807) is 34.6 Å². The van der Waals surface area contributed by atoms with Crippen molar-refractivity contribution in [1.29, 1.82) is 0 Å².